The van der Waals surface area contributed by atoms with E-state index < -0.39 is 17.9 Å². The molecule has 0 spiro atoms. The topological polar surface area (TPSA) is 86.5 Å². The molecule has 0 aliphatic carbocycles. The fourth-order valence-corrected chi connectivity index (χ4v) is 2.81. The Balaban J connectivity index is 3.32. The van der Waals surface area contributed by atoms with Crippen LogP contribution < -0.4 is 3.07 Å². The van der Waals surface area contributed by atoms with Crippen molar-refractivity contribution in [2.45, 2.75) is 20.3 Å². The second kappa shape index (κ2) is 12.2. The second-order valence-electron chi connectivity index (χ2n) is 5.31. The van der Waals surface area contributed by atoms with E-state index in [9.17, 15) is 9.59 Å². The van der Waals surface area contributed by atoms with Gasteiger partial charge in [0.2, 0.25) is 0 Å². The lowest BCUT2D eigenvalue weighted by Gasteiger charge is -2.16. The van der Waals surface area contributed by atoms with Crippen molar-refractivity contribution in [1.29, 1.82) is 0 Å². The first kappa shape index (κ1) is 22.8. The fraction of sp³-hybridized carbons (Fsp3) is 0.368. The molecule has 0 fully saturated rings. The fourth-order valence-electron chi connectivity index (χ4n) is 2.38. The van der Waals surface area contributed by atoms with E-state index in [-0.39, 0.29) is 19.6 Å². The van der Waals surface area contributed by atoms with Gasteiger partial charge >= 0.3 is 11.9 Å². The Labute approximate surface area is 173 Å². The third-order valence-electron chi connectivity index (χ3n) is 3.54. The number of allylic oxidation sites excluding steroid dienone is 1. The molecule has 8 heteroatoms. The van der Waals surface area contributed by atoms with Crippen LogP contribution in [0.15, 0.2) is 34.4 Å². The molecule has 0 amide bonds. The second-order valence-corrected chi connectivity index (χ2v) is 5.76. The molecule has 0 unspecified atom stereocenters. The molecule has 0 bridgehead atoms. The molecular weight excluding hydrogens is 463 g/mol. The zero-order valence-electron chi connectivity index (χ0n) is 15.6. The highest BCUT2D eigenvalue weighted by molar-refractivity contribution is 14.1. The summed E-state index contributed by atoms with van der Waals surface area (Å²) < 4.78 is 15.4. The van der Waals surface area contributed by atoms with Gasteiger partial charge in [0.05, 0.1) is 13.2 Å². The monoisotopic (exact) mass is 486 g/mol. The number of carbonyl (C=O) groups is 2. The summed E-state index contributed by atoms with van der Waals surface area (Å²) >= 11 is 1.75. The lowest BCUT2D eigenvalue weighted by atomic mass is 9.95. The van der Waals surface area contributed by atoms with E-state index in [0.717, 1.165) is 11.1 Å². The molecule has 27 heavy (non-hydrogen) atoms. The summed E-state index contributed by atoms with van der Waals surface area (Å²) in [5.74, 6) is -1.79. The van der Waals surface area contributed by atoms with E-state index in [1.54, 1.807) is 62.4 Å². The summed E-state index contributed by atoms with van der Waals surface area (Å²) in [5, 5.41) is 0. The number of hydrogen-bond acceptors (Lipinski definition) is 7. The van der Waals surface area contributed by atoms with Gasteiger partial charge in [0.1, 0.15) is 5.75 Å². The zero-order valence-corrected chi connectivity index (χ0v) is 17.8. The predicted octanol–water partition coefficient (Wildman–Crippen LogP) is 3.44. The summed E-state index contributed by atoms with van der Waals surface area (Å²) in [6.45, 7) is 7.18. The van der Waals surface area contributed by atoms with Gasteiger partial charge in [-0.25, -0.2) is 0 Å². The minimum atomic E-state index is -1.07. The normalized spacial score (nSPS) is 11.5. The van der Waals surface area contributed by atoms with Crippen molar-refractivity contribution in [3.8, 4) is 5.75 Å². The van der Waals surface area contributed by atoms with Gasteiger partial charge in [-0.2, -0.15) is 0 Å². The van der Waals surface area contributed by atoms with Crippen molar-refractivity contribution in [2.24, 2.45) is 15.9 Å². The lowest BCUT2D eigenvalue weighted by Crippen LogP contribution is -2.30. The average molecular weight is 486 g/mol. The van der Waals surface area contributed by atoms with Crippen LogP contribution in [-0.4, -0.2) is 45.1 Å². The molecule has 0 N–H and O–H groups in total. The number of ether oxygens (including phenoxy) is 2. The Kier molecular flexibility index (Phi) is 10.3. The number of nitrogens with zero attached hydrogens (tertiary/aromatic N) is 2. The molecule has 1 aromatic carbocycles. The van der Waals surface area contributed by atoms with Crippen molar-refractivity contribution in [1.82, 2.24) is 0 Å². The summed E-state index contributed by atoms with van der Waals surface area (Å²) in [6.07, 6.45) is 3.30. The molecular formula is C19H23IN2O5. The van der Waals surface area contributed by atoms with E-state index >= 15 is 0 Å². The Bertz CT molecular complexity index is 713. The van der Waals surface area contributed by atoms with Crippen LogP contribution in [0.1, 0.15) is 25.0 Å². The number of esters is 2. The van der Waals surface area contributed by atoms with Gasteiger partial charge < -0.3 is 12.5 Å². The van der Waals surface area contributed by atoms with E-state index in [2.05, 4.69) is 16.7 Å². The molecule has 146 valence electrons. The van der Waals surface area contributed by atoms with E-state index in [0.29, 0.717) is 11.3 Å². The van der Waals surface area contributed by atoms with Crippen LogP contribution in [0.5, 0.6) is 5.75 Å². The van der Waals surface area contributed by atoms with Gasteiger partial charge in [0.25, 0.3) is 0 Å². The molecule has 0 radical (unpaired) electrons. The maximum absolute atomic E-state index is 12.3. The third kappa shape index (κ3) is 6.78. The standard InChI is InChI=1S/C19H23IN2O5/c1-5-25-18(23)16(19(24)26-6-2)10-14-9-13(7-8-17(14)27-20)15(11-21-3)12-22-4/h7-9,11-12,16H,3,5-6,10H2,1-2,4H3/b15-11+,22-12?. The van der Waals surface area contributed by atoms with Crippen molar-refractivity contribution < 1.29 is 22.1 Å². The number of halogens is 1. The summed E-state index contributed by atoms with van der Waals surface area (Å²) in [6, 6.07) is 5.41. The van der Waals surface area contributed by atoms with Gasteiger partial charge in [-0.3, -0.25) is 19.6 Å². The number of rotatable bonds is 10. The molecule has 7 nitrogen and oxygen atoms in total. The first-order valence-electron chi connectivity index (χ1n) is 8.35. The van der Waals surface area contributed by atoms with Gasteiger partial charge in [-0.15, -0.1) is 0 Å². The number of aliphatic imine (C=N–C) groups is 2. The largest absolute Gasteiger partial charge is 0.465 e. The minimum absolute atomic E-state index is 0.0852. The highest BCUT2D eigenvalue weighted by atomic mass is 127. The Hall–Kier alpha value is -2.23. The maximum atomic E-state index is 12.3. The van der Waals surface area contributed by atoms with E-state index in [1.807, 2.05) is 12.1 Å². The summed E-state index contributed by atoms with van der Waals surface area (Å²) in [4.78, 5) is 32.3. The van der Waals surface area contributed by atoms with Crippen molar-refractivity contribution in [3.05, 3.63) is 35.5 Å². The highest BCUT2D eigenvalue weighted by Gasteiger charge is 2.31. The first-order chi connectivity index (χ1) is 13.0. The Morgan fingerprint density at radius 1 is 1.22 bits per heavy atom. The lowest BCUT2D eigenvalue weighted by molar-refractivity contribution is -0.161. The third-order valence-corrected chi connectivity index (χ3v) is 4.02. The first-order valence-corrected chi connectivity index (χ1v) is 9.23. The zero-order chi connectivity index (χ0) is 20.2. The minimum Gasteiger partial charge on any atom is -0.465 e. The molecule has 1 aromatic rings. The summed E-state index contributed by atoms with van der Waals surface area (Å²) in [5.41, 5.74) is 2.19. The van der Waals surface area contributed by atoms with Crippen molar-refractivity contribution in [2.75, 3.05) is 20.3 Å². The smallest absolute Gasteiger partial charge is 0.320 e. The Morgan fingerprint density at radius 3 is 2.33 bits per heavy atom. The van der Waals surface area contributed by atoms with Crippen LogP contribution >= 0.6 is 23.0 Å². The molecule has 0 atom stereocenters. The number of hydrogen-bond donors (Lipinski definition) is 0. The number of carbonyl (C=O) groups excluding carboxylic acids is 2. The van der Waals surface area contributed by atoms with E-state index in [1.165, 1.54) is 0 Å². The van der Waals surface area contributed by atoms with Crippen molar-refractivity contribution in [3.63, 3.8) is 0 Å². The van der Waals surface area contributed by atoms with Crippen LogP contribution in [0.2, 0.25) is 0 Å². The van der Waals surface area contributed by atoms with Crippen LogP contribution in [0.25, 0.3) is 5.57 Å². The molecule has 0 saturated carbocycles. The SMILES string of the molecule is C=N/C=C(\C=NC)c1ccc(OI)c(CC(C(=O)OCC)C(=O)OCC)c1. The average Bonchev–Trinajstić information content (AvgIpc) is 2.66. The van der Waals surface area contributed by atoms with Gasteiger partial charge in [0.15, 0.2) is 28.9 Å². The Morgan fingerprint density at radius 2 is 1.85 bits per heavy atom. The van der Waals surface area contributed by atoms with Crippen LogP contribution in [0.3, 0.4) is 0 Å². The molecule has 0 aromatic heterocycles. The molecule has 0 aliphatic heterocycles. The van der Waals surface area contributed by atoms with Crippen LogP contribution in [0, 0.1) is 5.92 Å². The molecule has 1 rings (SSSR count). The summed E-state index contributed by atoms with van der Waals surface area (Å²) in [7, 11) is 1.65. The van der Waals surface area contributed by atoms with Gasteiger partial charge in [-0.05, 0) is 43.8 Å². The van der Waals surface area contributed by atoms with Crippen molar-refractivity contribution >= 4 is 53.4 Å². The van der Waals surface area contributed by atoms with Crippen LogP contribution in [0.4, 0.5) is 0 Å². The van der Waals surface area contributed by atoms with E-state index in [4.69, 9.17) is 12.5 Å². The maximum Gasteiger partial charge on any atom is 0.320 e. The van der Waals surface area contributed by atoms with Gasteiger partial charge in [-0.1, -0.05) is 6.07 Å². The number of benzene rings is 1. The molecule has 0 aliphatic rings. The van der Waals surface area contributed by atoms with Crippen LogP contribution in [-0.2, 0) is 25.5 Å². The molecule has 0 saturated heterocycles. The highest BCUT2D eigenvalue weighted by Crippen LogP contribution is 2.28. The van der Waals surface area contributed by atoms with Gasteiger partial charge in [0, 0.05) is 31.5 Å². The molecule has 0 heterocycles. The predicted molar refractivity (Wildman–Crippen MR) is 113 cm³/mol. The quantitative estimate of drug-likeness (QED) is 0.219.